The molecule has 0 unspecified atom stereocenters. The molecule has 4 aromatic carbocycles. The van der Waals surface area contributed by atoms with Crippen LogP contribution in [-0.4, -0.2) is 4.98 Å². The fraction of sp³-hybridized carbons (Fsp3) is 0. The van der Waals surface area contributed by atoms with Gasteiger partial charge in [0.15, 0.2) is 0 Å². The number of furan rings is 1. The number of rotatable bonds is 3. The van der Waals surface area contributed by atoms with Gasteiger partial charge in [-0.2, -0.15) is 5.26 Å². The van der Waals surface area contributed by atoms with Crippen LogP contribution in [0.4, 0.5) is 0 Å². The maximum absolute atomic E-state index is 9.93. The molecule has 2 heterocycles. The Kier molecular flexibility index (Phi) is 3.39. The minimum atomic E-state index is -0.430. The third-order valence-electron chi connectivity index (χ3n) is 5.69. The molecule has 0 aliphatic rings. The van der Waals surface area contributed by atoms with E-state index in [9.17, 15) is 5.26 Å². The third-order valence-corrected chi connectivity index (χ3v) is 5.69. The lowest BCUT2D eigenvalue weighted by Gasteiger charge is -2.07. The molecule has 6 rings (SSSR count). The van der Waals surface area contributed by atoms with Gasteiger partial charge < -0.3 is 4.42 Å². The second kappa shape index (κ2) is 7.78. The zero-order chi connectivity index (χ0) is 26.6. The van der Waals surface area contributed by atoms with Crippen molar-refractivity contribution >= 4 is 21.9 Å². The second-order valence-electron chi connectivity index (χ2n) is 7.55. The lowest BCUT2D eigenvalue weighted by atomic mass is 9.95. The van der Waals surface area contributed by atoms with E-state index < -0.39 is 6.04 Å². The number of nitriles is 1. The zero-order valence-electron chi connectivity index (χ0n) is 22.3. The SMILES string of the molecule is [2H]c1c([2H])c([2H])c(-c2ccc(-c3c(C#N)ccc4c3oc3c(-c5ccccn5)cccc34)cc2)c([2H])c1[2H]. The van der Waals surface area contributed by atoms with Crippen molar-refractivity contribution in [2.75, 3.05) is 0 Å². The van der Waals surface area contributed by atoms with Crippen molar-refractivity contribution in [1.82, 2.24) is 4.98 Å². The first-order chi connectivity index (χ1) is 18.4. The van der Waals surface area contributed by atoms with E-state index in [-0.39, 0.29) is 29.7 Å². The number of pyridine rings is 1. The Hall–Kier alpha value is -4.68. The van der Waals surface area contributed by atoms with Crippen LogP contribution in [0.2, 0.25) is 0 Å². The van der Waals surface area contributed by atoms with E-state index in [0.29, 0.717) is 33.4 Å². The predicted molar refractivity (Wildman–Crippen MR) is 133 cm³/mol. The van der Waals surface area contributed by atoms with Crippen molar-refractivity contribution in [3.8, 4) is 39.6 Å². The number of aromatic nitrogens is 1. The summed E-state index contributed by atoms with van der Waals surface area (Å²) in [6, 6.07) is 22.7. The highest BCUT2D eigenvalue weighted by Crippen LogP contribution is 2.41. The van der Waals surface area contributed by atoms with Gasteiger partial charge in [-0.15, -0.1) is 0 Å². The lowest BCUT2D eigenvalue weighted by Crippen LogP contribution is -1.86. The molecular formula is C30H18N2O. The number of hydrogen-bond donors (Lipinski definition) is 0. The Morgan fingerprint density at radius 1 is 0.727 bits per heavy atom. The maximum atomic E-state index is 9.93. The Bertz CT molecular complexity index is 1890. The van der Waals surface area contributed by atoms with Gasteiger partial charge >= 0.3 is 0 Å². The summed E-state index contributed by atoms with van der Waals surface area (Å²) in [4.78, 5) is 4.47. The smallest absolute Gasteiger partial charge is 0.144 e. The van der Waals surface area contributed by atoms with E-state index in [4.69, 9.17) is 11.3 Å². The summed E-state index contributed by atoms with van der Waals surface area (Å²) in [5.74, 6) is 0. The van der Waals surface area contributed by atoms with Gasteiger partial charge in [-0.1, -0.05) is 72.7 Å². The van der Waals surface area contributed by atoms with Crippen LogP contribution in [0.5, 0.6) is 0 Å². The molecule has 0 amide bonds. The summed E-state index contributed by atoms with van der Waals surface area (Å²) in [5, 5.41) is 11.7. The van der Waals surface area contributed by atoms with Gasteiger partial charge in [0.2, 0.25) is 0 Å². The van der Waals surface area contributed by atoms with E-state index in [1.165, 1.54) is 0 Å². The summed E-state index contributed by atoms with van der Waals surface area (Å²) < 4.78 is 46.8. The fourth-order valence-corrected chi connectivity index (χ4v) is 4.16. The van der Waals surface area contributed by atoms with Crippen molar-refractivity contribution < 1.29 is 11.3 Å². The van der Waals surface area contributed by atoms with E-state index in [1.54, 1.807) is 36.5 Å². The van der Waals surface area contributed by atoms with Crippen LogP contribution < -0.4 is 0 Å². The highest BCUT2D eigenvalue weighted by Gasteiger charge is 2.18. The first kappa shape index (κ1) is 14.4. The van der Waals surface area contributed by atoms with Gasteiger partial charge in [-0.3, -0.25) is 4.98 Å². The molecule has 154 valence electrons. The highest BCUT2D eigenvalue weighted by molar-refractivity contribution is 6.13. The molecule has 33 heavy (non-hydrogen) atoms. The molecule has 0 aliphatic carbocycles. The van der Waals surface area contributed by atoms with Gasteiger partial charge in [0, 0.05) is 28.1 Å². The topological polar surface area (TPSA) is 49.8 Å². The number of para-hydroxylation sites is 1. The Labute approximate surface area is 198 Å². The third kappa shape index (κ3) is 3.17. The van der Waals surface area contributed by atoms with Crippen LogP contribution in [0, 0.1) is 11.3 Å². The molecular weight excluding hydrogens is 404 g/mol. The molecule has 0 atom stereocenters. The molecule has 0 bridgehead atoms. The van der Waals surface area contributed by atoms with Crippen LogP contribution in [0.3, 0.4) is 0 Å². The van der Waals surface area contributed by atoms with E-state index in [0.717, 1.165) is 22.0 Å². The van der Waals surface area contributed by atoms with Crippen molar-refractivity contribution in [3.63, 3.8) is 0 Å². The number of nitrogens with zero attached hydrogens (tertiary/aromatic N) is 2. The fourth-order valence-electron chi connectivity index (χ4n) is 4.16. The van der Waals surface area contributed by atoms with Crippen molar-refractivity contribution in [2.45, 2.75) is 0 Å². The molecule has 0 saturated carbocycles. The van der Waals surface area contributed by atoms with Crippen molar-refractivity contribution in [1.29, 1.82) is 5.26 Å². The molecule has 0 aliphatic heterocycles. The van der Waals surface area contributed by atoms with Crippen LogP contribution in [0.1, 0.15) is 12.4 Å². The quantitative estimate of drug-likeness (QED) is 0.289. The van der Waals surface area contributed by atoms with Crippen molar-refractivity contribution in [2.24, 2.45) is 0 Å². The van der Waals surface area contributed by atoms with Gasteiger partial charge in [0.1, 0.15) is 11.2 Å². The standard InChI is InChI=1S/C30H18N2O/c31-19-23-16-17-25-24-9-6-10-26(27-11-4-5-18-32-27)29(24)33-30(25)28(23)22-14-12-21(13-15-22)20-7-2-1-3-8-20/h1-18H/i1D,2D,3D,7D,8D. The summed E-state index contributed by atoms with van der Waals surface area (Å²) in [6.07, 6.45) is 1.73. The summed E-state index contributed by atoms with van der Waals surface area (Å²) >= 11 is 0. The Balaban J connectivity index is 1.56. The minimum Gasteiger partial charge on any atom is -0.455 e. The first-order valence-electron chi connectivity index (χ1n) is 12.9. The largest absolute Gasteiger partial charge is 0.455 e. The van der Waals surface area contributed by atoms with E-state index in [2.05, 4.69) is 11.1 Å². The lowest BCUT2D eigenvalue weighted by molar-refractivity contribution is 0.670. The molecule has 0 radical (unpaired) electrons. The Morgan fingerprint density at radius 3 is 2.27 bits per heavy atom. The predicted octanol–water partition coefficient (Wildman–Crippen LogP) is 7.85. The number of hydrogen-bond acceptors (Lipinski definition) is 3. The zero-order valence-corrected chi connectivity index (χ0v) is 17.3. The normalized spacial score (nSPS) is 13.1. The van der Waals surface area contributed by atoms with Gasteiger partial charge in [-0.25, -0.2) is 0 Å². The second-order valence-corrected chi connectivity index (χ2v) is 7.55. The van der Waals surface area contributed by atoms with Crippen LogP contribution in [0.25, 0.3) is 55.4 Å². The van der Waals surface area contributed by atoms with Crippen molar-refractivity contribution in [3.05, 3.63) is 115 Å². The first-order valence-corrected chi connectivity index (χ1v) is 10.4. The van der Waals surface area contributed by atoms with Crippen LogP contribution in [-0.2, 0) is 0 Å². The molecule has 3 heteroatoms. The molecule has 0 saturated heterocycles. The minimum absolute atomic E-state index is 0.130. The number of fused-ring (bicyclic) bond motifs is 3. The highest BCUT2D eigenvalue weighted by atomic mass is 16.3. The summed E-state index contributed by atoms with van der Waals surface area (Å²) in [6.45, 7) is 0. The van der Waals surface area contributed by atoms with Gasteiger partial charge in [-0.05, 0) is 47.0 Å². The van der Waals surface area contributed by atoms with E-state index >= 15 is 0 Å². The van der Waals surface area contributed by atoms with Crippen LogP contribution >= 0.6 is 0 Å². The average Bonchev–Trinajstić information content (AvgIpc) is 3.34. The number of benzene rings is 4. The molecule has 0 spiro atoms. The average molecular weight is 428 g/mol. The Morgan fingerprint density at radius 2 is 1.52 bits per heavy atom. The van der Waals surface area contributed by atoms with E-state index in [1.807, 2.05) is 42.5 Å². The molecule has 3 nitrogen and oxygen atoms in total. The summed E-state index contributed by atoms with van der Waals surface area (Å²) in [7, 11) is 0. The molecule has 0 fully saturated rings. The molecule has 2 aromatic heterocycles. The van der Waals surface area contributed by atoms with Gasteiger partial charge in [0.25, 0.3) is 0 Å². The van der Waals surface area contributed by atoms with Gasteiger partial charge in [0.05, 0.1) is 24.2 Å². The molecule has 6 aromatic rings. The monoisotopic (exact) mass is 427 g/mol. The summed E-state index contributed by atoms with van der Waals surface area (Å²) in [5.41, 5.74) is 5.26. The van der Waals surface area contributed by atoms with Crippen LogP contribution in [0.15, 0.2) is 114 Å². The molecule has 0 N–H and O–H groups in total. The maximum Gasteiger partial charge on any atom is 0.144 e.